The lowest BCUT2D eigenvalue weighted by Crippen LogP contribution is -2.03. The number of allylic oxidation sites excluding steroid dienone is 4. The average molecular weight is 232 g/mol. The second-order valence-electron chi connectivity index (χ2n) is 3.73. The van der Waals surface area contributed by atoms with Crippen molar-refractivity contribution in [3.05, 3.63) is 59.0 Å². The van der Waals surface area contributed by atoms with Gasteiger partial charge in [-0.05, 0) is 24.6 Å². The second kappa shape index (κ2) is 3.72. The zero-order valence-electron chi connectivity index (χ0n) is 8.53. The molecule has 1 aliphatic heterocycles. The fraction of sp³-hybridized carbons (Fsp3) is 0.0769. The minimum Gasteiger partial charge on any atom is -0.462 e. The Morgan fingerprint density at radius 3 is 3.06 bits per heavy atom. The molecule has 0 spiro atoms. The molecule has 1 aliphatic carbocycles. The van der Waals surface area contributed by atoms with E-state index in [4.69, 9.17) is 16.3 Å². The van der Waals surface area contributed by atoms with Gasteiger partial charge in [0, 0.05) is 16.3 Å². The minimum absolute atomic E-state index is 0.763. The van der Waals surface area contributed by atoms with E-state index in [0.717, 1.165) is 34.2 Å². The summed E-state index contributed by atoms with van der Waals surface area (Å²) in [5.74, 6) is 0.835. The van der Waals surface area contributed by atoms with Gasteiger partial charge in [0.15, 0.2) is 0 Å². The van der Waals surface area contributed by atoms with E-state index >= 15 is 0 Å². The summed E-state index contributed by atoms with van der Waals surface area (Å²) in [4.78, 5) is 0. The maximum absolute atomic E-state index is 5.99. The molecule has 16 heavy (non-hydrogen) atoms. The van der Waals surface area contributed by atoms with E-state index in [1.807, 2.05) is 36.4 Å². The Balaban J connectivity index is 2.06. The minimum atomic E-state index is 0.763. The van der Waals surface area contributed by atoms with Gasteiger partial charge in [-0.2, -0.15) is 0 Å². The van der Waals surface area contributed by atoms with Crippen LogP contribution in [-0.4, -0.2) is 0 Å². The van der Waals surface area contributed by atoms with Gasteiger partial charge in [0.1, 0.15) is 5.75 Å². The molecule has 0 aromatic heterocycles. The SMILES string of the molecule is ClC1=CCC2=COc3ccccc3NC2=C1. The van der Waals surface area contributed by atoms with Gasteiger partial charge in [-0.1, -0.05) is 29.8 Å². The van der Waals surface area contributed by atoms with Crippen molar-refractivity contribution < 1.29 is 4.74 Å². The quantitative estimate of drug-likeness (QED) is 0.734. The van der Waals surface area contributed by atoms with E-state index in [1.165, 1.54) is 0 Å². The summed E-state index contributed by atoms with van der Waals surface area (Å²) in [7, 11) is 0. The smallest absolute Gasteiger partial charge is 0.149 e. The van der Waals surface area contributed by atoms with Crippen LogP contribution in [0.4, 0.5) is 5.69 Å². The maximum Gasteiger partial charge on any atom is 0.149 e. The van der Waals surface area contributed by atoms with Crippen LogP contribution in [0.3, 0.4) is 0 Å². The average Bonchev–Trinajstić information content (AvgIpc) is 2.47. The Hall–Kier alpha value is -1.67. The Morgan fingerprint density at radius 2 is 2.12 bits per heavy atom. The van der Waals surface area contributed by atoms with Crippen LogP contribution < -0.4 is 10.1 Å². The van der Waals surface area contributed by atoms with Crippen molar-refractivity contribution in [2.45, 2.75) is 6.42 Å². The molecule has 1 N–H and O–H groups in total. The highest BCUT2D eigenvalue weighted by atomic mass is 35.5. The van der Waals surface area contributed by atoms with E-state index in [2.05, 4.69) is 5.32 Å². The van der Waals surface area contributed by atoms with Crippen molar-refractivity contribution in [2.75, 3.05) is 5.32 Å². The van der Waals surface area contributed by atoms with Crippen molar-refractivity contribution in [1.29, 1.82) is 0 Å². The molecule has 0 atom stereocenters. The van der Waals surface area contributed by atoms with Crippen LogP contribution in [0.25, 0.3) is 0 Å². The molecule has 80 valence electrons. The Morgan fingerprint density at radius 1 is 1.25 bits per heavy atom. The highest BCUT2D eigenvalue weighted by Gasteiger charge is 2.16. The molecule has 1 aromatic carbocycles. The first-order valence-electron chi connectivity index (χ1n) is 5.12. The van der Waals surface area contributed by atoms with E-state index in [1.54, 1.807) is 6.26 Å². The molecule has 0 unspecified atom stereocenters. The number of nitrogens with one attached hydrogen (secondary N) is 1. The molecular weight excluding hydrogens is 222 g/mol. The van der Waals surface area contributed by atoms with Crippen molar-refractivity contribution in [3.63, 3.8) is 0 Å². The third kappa shape index (κ3) is 1.61. The predicted molar refractivity (Wildman–Crippen MR) is 65.4 cm³/mol. The molecule has 0 saturated carbocycles. The number of rotatable bonds is 0. The summed E-state index contributed by atoms with van der Waals surface area (Å²) in [6.07, 6.45) is 6.47. The molecule has 0 radical (unpaired) electrons. The second-order valence-corrected chi connectivity index (χ2v) is 4.17. The number of halogens is 1. The predicted octanol–water partition coefficient (Wildman–Crippen LogP) is 3.79. The van der Waals surface area contributed by atoms with Gasteiger partial charge in [-0.3, -0.25) is 0 Å². The van der Waals surface area contributed by atoms with Gasteiger partial charge in [-0.25, -0.2) is 0 Å². The van der Waals surface area contributed by atoms with Gasteiger partial charge in [0.2, 0.25) is 0 Å². The highest BCUT2D eigenvalue weighted by molar-refractivity contribution is 6.31. The van der Waals surface area contributed by atoms with Gasteiger partial charge < -0.3 is 10.1 Å². The molecule has 2 nitrogen and oxygen atoms in total. The van der Waals surface area contributed by atoms with Crippen molar-refractivity contribution >= 4 is 17.3 Å². The summed E-state index contributed by atoms with van der Waals surface area (Å²) in [5.41, 5.74) is 3.09. The Kier molecular flexibility index (Phi) is 2.22. The van der Waals surface area contributed by atoms with Crippen LogP contribution in [0, 0.1) is 0 Å². The van der Waals surface area contributed by atoms with Crippen LogP contribution in [0.15, 0.2) is 59.0 Å². The first-order valence-corrected chi connectivity index (χ1v) is 5.50. The number of para-hydroxylation sites is 2. The van der Waals surface area contributed by atoms with Crippen molar-refractivity contribution in [2.24, 2.45) is 0 Å². The zero-order chi connectivity index (χ0) is 11.0. The van der Waals surface area contributed by atoms with E-state index in [-0.39, 0.29) is 0 Å². The number of hydrogen-bond donors (Lipinski definition) is 1. The fourth-order valence-electron chi connectivity index (χ4n) is 1.79. The molecule has 3 rings (SSSR count). The van der Waals surface area contributed by atoms with Crippen LogP contribution in [-0.2, 0) is 0 Å². The van der Waals surface area contributed by atoms with Gasteiger partial charge in [0.05, 0.1) is 11.9 Å². The normalized spacial score (nSPS) is 17.7. The molecule has 0 bridgehead atoms. The van der Waals surface area contributed by atoms with Crippen LogP contribution >= 0.6 is 11.6 Å². The lowest BCUT2D eigenvalue weighted by atomic mass is 10.1. The molecule has 0 saturated heterocycles. The lowest BCUT2D eigenvalue weighted by molar-refractivity contribution is 0.480. The van der Waals surface area contributed by atoms with Gasteiger partial charge in [-0.15, -0.1) is 0 Å². The van der Waals surface area contributed by atoms with Crippen molar-refractivity contribution in [3.8, 4) is 5.75 Å². The lowest BCUT2D eigenvalue weighted by Gasteiger charge is -2.14. The number of fused-ring (bicyclic) bond motifs is 2. The van der Waals surface area contributed by atoms with E-state index < -0.39 is 0 Å². The standard InChI is InChI=1S/C13H10ClNO/c14-10-6-5-9-8-16-13-4-2-1-3-11(13)15-12(9)7-10/h1-4,6-8,15H,5H2. The first kappa shape index (κ1) is 9.55. The molecule has 3 heteroatoms. The third-order valence-electron chi connectivity index (χ3n) is 2.63. The zero-order valence-corrected chi connectivity index (χ0v) is 9.29. The molecule has 1 heterocycles. The highest BCUT2D eigenvalue weighted by Crippen LogP contribution is 2.34. The summed E-state index contributed by atoms with van der Waals surface area (Å²) in [6.45, 7) is 0. The van der Waals surface area contributed by atoms with Gasteiger partial charge >= 0.3 is 0 Å². The Bertz CT molecular complexity index is 528. The number of benzene rings is 1. The molecule has 0 amide bonds. The monoisotopic (exact) mass is 231 g/mol. The van der Waals surface area contributed by atoms with E-state index in [9.17, 15) is 0 Å². The number of anilines is 1. The van der Waals surface area contributed by atoms with Crippen LogP contribution in [0.5, 0.6) is 5.75 Å². The topological polar surface area (TPSA) is 21.3 Å². The molecule has 1 aromatic rings. The summed E-state index contributed by atoms with van der Waals surface area (Å²) in [6, 6.07) is 7.85. The molecular formula is C13H10ClNO. The van der Waals surface area contributed by atoms with E-state index in [0.29, 0.717) is 0 Å². The fourth-order valence-corrected chi connectivity index (χ4v) is 1.97. The van der Waals surface area contributed by atoms with Crippen molar-refractivity contribution in [1.82, 2.24) is 0 Å². The first-order chi connectivity index (χ1) is 7.83. The number of hydrogen-bond acceptors (Lipinski definition) is 2. The molecule has 0 fully saturated rings. The summed E-state index contributed by atoms with van der Waals surface area (Å²) < 4.78 is 5.62. The Labute approximate surface area is 98.9 Å². The van der Waals surface area contributed by atoms with Gasteiger partial charge in [0.25, 0.3) is 0 Å². The third-order valence-corrected chi connectivity index (χ3v) is 2.89. The van der Waals surface area contributed by atoms with Crippen LogP contribution in [0.1, 0.15) is 6.42 Å². The summed E-state index contributed by atoms with van der Waals surface area (Å²) in [5, 5.41) is 4.10. The largest absolute Gasteiger partial charge is 0.462 e. The maximum atomic E-state index is 5.99. The number of ether oxygens (including phenoxy) is 1. The summed E-state index contributed by atoms with van der Waals surface area (Å²) >= 11 is 5.99. The van der Waals surface area contributed by atoms with Crippen LogP contribution in [0.2, 0.25) is 0 Å². The molecule has 2 aliphatic rings.